The third-order valence-corrected chi connectivity index (χ3v) is 4.89. The Bertz CT molecular complexity index is 1200. The lowest BCUT2D eigenvalue weighted by atomic mass is 10.1. The molecule has 2 aromatic carbocycles. The molecule has 1 aliphatic heterocycles. The number of phenolic OH excluding ortho intramolecular Hbond substituents is 4. The molecular weight excluding hydrogens is 416 g/mol. The van der Waals surface area contributed by atoms with Crippen molar-refractivity contribution in [3.05, 3.63) is 40.6 Å². The first-order valence-corrected chi connectivity index (χ1v) is 9.05. The van der Waals surface area contributed by atoms with Crippen LogP contribution in [0.1, 0.15) is 0 Å². The minimum absolute atomic E-state index is 0.0173. The van der Waals surface area contributed by atoms with Crippen LogP contribution in [0.3, 0.4) is 0 Å². The van der Waals surface area contributed by atoms with Crippen LogP contribution in [0.15, 0.2) is 39.5 Å². The van der Waals surface area contributed by atoms with E-state index in [1.165, 1.54) is 12.1 Å². The molecule has 1 fully saturated rings. The number of fused-ring (bicyclic) bond motifs is 1. The van der Waals surface area contributed by atoms with Crippen molar-refractivity contribution < 1.29 is 49.6 Å². The Balaban J connectivity index is 1.78. The summed E-state index contributed by atoms with van der Waals surface area (Å²) in [5, 5.41) is 68.6. The van der Waals surface area contributed by atoms with E-state index >= 15 is 0 Å². The number of aromatic hydroxyl groups is 4. The van der Waals surface area contributed by atoms with Gasteiger partial charge in [0, 0.05) is 17.7 Å². The number of hydrogen-bond acceptors (Lipinski definition) is 11. The van der Waals surface area contributed by atoms with Gasteiger partial charge in [-0.25, -0.2) is 0 Å². The van der Waals surface area contributed by atoms with Gasteiger partial charge in [-0.15, -0.1) is 0 Å². The predicted molar refractivity (Wildman–Crippen MR) is 103 cm³/mol. The third-order valence-electron chi connectivity index (χ3n) is 4.89. The van der Waals surface area contributed by atoms with E-state index in [1.54, 1.807) is 0 Å². The quantitative estimate of drug-likeness (QED) is 0.277. The van der Waals surface area contributed by atoms with Crippen molar-refractivity contribution in [3.8, 4) is 40.1 Å². The smallest absolute Gasteiger partial charge is 0.229 e. The molecule has 0 radical (unpaired) electrons. The first-order valence-electron chi connectivity index (χ1n) is 9.05. The zero-order valence-corrected chi connectivity index (χ0v) is 15.7. The van der Waals surface area contributed by atoms with Crippen LogP contribution in [-0.4, -0.2) is 67.0 Å². The maximum atomic E-state index is 12.5. The predicted octanol–water partition coefficient (Wildman–Crippen LogP) is 0.100. The highest BCUT2D eigenvalue weighted by atomic mass is 16.7. The van der Waals surface area contributed by atoms with Crippen molar-refractivity contribution in [3.63, 3.8) is 0 Å². The molecule has 0 amide bonds. The van der Waals surface area contributed by atoms with Gasteiger partial charge in [0.1, 0.15) is 35.0 Å². The van der Waals surface area contributed by atoms with Gasteiger partial charge in [-0.2, -0.15) is 0 Å². The monoisotopic (exact) mass is 434 g/mol. The lowest BCUT2D eigenvalue weighted by Gasteiger charge is -2.35. The van der Waals surface area contributed by atoms with Gasteiger partial charge < -0.3 is 49.6 Å². The number of phenols is 4. The molecule has 11 nitrogen and oxygen atoms in total. The van der Waals surface area contributed by atoms with Gasteiger partial charge >= 0.3 is 0 Å². The van der Waals surface area contributed by atoms with Crippen LogP contribution in [0.4, 0.5) is 0 Å². The van der Waals surface area contributed by atoms with Crippen molar-refractivity contribution in [2.75, 3.05) is 6.61 Å². The molecule has 1 saturated heterocycles. The third kappa shape index (κ3) is 3.59. The lowest BCUT2D eigenvalue weighted by Crippen LogP contribution is -2.54. The average molecular weight is 434 g/mol. The van der Waals surface area contributed by atoms with Gasteiger partial charge in [0.05, 0.1) is 6.61 Å². The minimum Gasteiger partial charge on any atom is -0.504 e. The van der Waals surface area contributed by atoms with E-state index in [2.05, 4.69) is 0 Å². The molecule has 3 aromatic rings. The zero-order chi connectivity index (χ0) is 22.4. The zero-order valence-electron chi connectivity index (χ0n) is 15.7. The number of aliphatic hydroxyl groups is 3. The summed E-state index contributed by atoms with van der Waals surface area (Å²) in [6, 6.07) is 5.84. The van der Waals surface area contributed by atoms with Crippen molar-refractivity contribution in [2.45, 2.75) is 24.6 Å². The average Bonchev–Trinajstić information content (AvgIpc) is 2.73. The van der Waals surface area contributed by atoms with Gasteiger partial charge in [0.2, 0.25) is 12.0 Å². The highest BCUT2D eigenvalue weighted by Gasteiger charge is 2.39. The Morgan fingerprint density at radius 3 is 2.35 bits per heavy atom. The van der Waals surface area contributed by atoms with E-state index in [-0.39, 0.29) is 34.6 Å². The second-order valence-corrected chi connectivity index (χ2v) is 6.99. The van der Waals surface area contributed by atoms with Crippen LogP contribution in [0.2, 0.25) is 0 Å². The minimum atomic E-state index is -1.67. The van der Waals surface area contributed by atoms with Gasteiger partial charge in [-0.3, -0.25) is 4.79 Å². The van der Waals surface area contributed by atoms with Crippen LogP contribution >= 0.6 is 0 Å². The maximum absolute atomic E-state index is 12.5. The maximum Gasteiger partial charge on any atom is 0.229 e. The van der Waals surface area contributed by atoms with E-state index < -0.39 is 53.0 Å². The summed E-state index contributed by atoms with van der Waals surface area (Å²) < 4.78 is 16.1. The molecule has 31 heavy (non-hydrogen) atoms. The summed E-state index contributed by atoms with van der Waals surface area (Å²) in [7, 11) is 0. The number of benzene rings is 2. The molecule has 11 heteroatoms. The van der Waals surface area contributed by atoms with Gasteiger partial charge in [0.25, 0.3) is 0 Å². The summed E-state index contributed by atoms with van der Waals surface area (Å²) >= 11 is 0. The van der Waals surface area contributed by atoms with Crippen molar-refractivity contribution in [1.29, 1.82) is 0 Å². The first kappa shape index (κ1) is 20.8. The Morgan fingerprint density at radius 1 is 0.903 bits per heavy atom. The van der Waals surface area contributed by atoms with Crippen LogP contribution < -0.4 is 10.2 Å². The van der Waals surface area contributed by atoms with Crippen LogP contribution in [0.5, 0.6) is 28.7 Å². The fourth-order valence-electron chi connectivity index (χ4n) is 3.19. The van der Waals surface area contributed by atoms with Gasteiger partial charge in [-0.1, -0.05) is 0 Å². The molecule has 1 aliphatic rings. The highest BCUT2D eigenvalue weighted by molar-refractivity contribution is 5.89. The molecule has 0 bridgehead atoms. The summed E-state index contributed by atoms with van der Waals surface area (Å²) in [6.07, 6.45) is -6.07. The fraction of sp³-hybridized carbons (Fsp3) is 0.250. The topological polar surface area (TPSA) is 190 Å². The molecule has 1 aromatic heterocycles. The number of aliphatic hydroxyl groups excluding tert-OH is 3. The summed E-state index contributed by atoms with van der Waals surface area (Å²) in [4.78, 5) is 12.5. The van der Waals surface area contributed by atoms with Gasteiger partial charge in [-0.05, 0) is 18.2 Å². The largest absolute Gasteiger partial charge is 0.504 e. The van der Waals surface area contributed by atoms with Crippen molar-refractivity contribution >= 4 is 11.0 Å². The Kier molecular flexibility index (Phi) is 5.11. The summed E-state index contributed by atoms with van der Waals surface area (Å²) in [6.45, 7) is -0.354. The number of rotatable bonds is 3. The van der Waals surface area contributed by atoms with E-state index in [0.29, 0.717) is 0 Å². The first-order chi connectivity index (χ1) is 14.7. The molecular formula is C20H18O11. The molecule has 4 unspecified atom stereocenters. The molecule has 164 valence electrons. The van der Waals surface area contributed by atoms with Crippen LogP contribution in [0.25, 0.3) is 22.3 Å². The van der Waals surface area contributed by atoms with Crippen LogP contribution in [-0.2, 0) is 4.74 Å². The normalized spacial score (nSPS) is 23.7. The Morgan fingerprint density at radius 2 is 1.65 bits per heavy atom. The fourth-order valence-corrected chi connectivity index (χ4v) is 3.19. The molecule has 0 saturated carbocycles. The SMILES string of the molecule is O=c1cc(-c2ccc(O)c(O)c2)oc2cc(OC3OCC(O)C(O)C3O)c(O)c(O)c12. The molecule has 4 rings (SSSR count). The standard InChI is InChI=1S/C20H18O11/c21-8-2-1-7(3-9(8)22)12-4-10(23)15-13(30-12)5-14(17(26)18(15)27)31-20-19(28)16(25)11(24)6-29-20/h1-5,11,16,19-22,24-28H,6H2. The van der Waals surface area contributed by atoms with Crippen LogP contribution in [0, 0.1) is 0 Å². The van der Waals surface area contributed by atoms with E-state index in [4.69, 9.17) is 13.9 Å². The van der Waals surface area contributed by atoms with E-state index in [1.807, 2.05) is 0 Å². The number of hydrogen-bond donors (Lipinski definition) is 7. The van der Waals surface area contributed by atoms with Crippen molar-refractivity contribution in [2.24, 2.45) is 0 Å². The van der Waals surface area contributed by atoms with Crippen molar-refractivity contribution in [1.82, 2.24) is 0 Å². The Hall–Kier alpha value is -3.51. The van der Waals surface area contributed by atoms with E-state index in [0.717, 1.165) is 18.2 Å². The molecule has 0 spiro atoms. The molecule has 7 N–H and O–H groups in total. The molecule has 0 aliphatic carbocycles. The second-order valence-electron chi connectivity index (χ2n) is 6.99. The van der Waals surface area contributed by atoms with E-state index in [9.17, 15) is 40.5 Å². The second kappa shape index (κ2) is 7.63. The number of ether oxygens (including phenoxy) is 2. The van der Waals surface area contributed by atoms with Gasteiger partial charge in [0.15, 0.2) is 28.4 Å². The highest BCUT2D eigenvalue weighted by Crippen LogP contribution is 2.42. The summed E-state index contributed by atoms with van der Waals surface area (Å²) in [5.41, 5.74) is -0.672. The molecule has 4 atom stereocenters. The summed E-state index contributed by atoms with van der Waals surface area (Å²) in [5.74, 6) is -2.92. The molecule has 2 heterocycles. The lowest BCUT2D eigenvalue weighted by molar-refractivity contribution is -0.242. The Labute approximate surface area is 173 Å².